The van der Waals surface area contributed by atoms with E-state index in [4.69, 9.17) is 0 Å². The molecule has 0 spiro atoms. The van der Waals surface area contributed by atoms with E-state index in [9.17, 15) is 4.79 Å². The van der Waals surface area contributed by atoms with Crippen LogP contribution < -0.4 is 0 Å². The van der Waals surface area contributed by atoms with Crippen LogP contribution in [0.2, 0.25) is 0 Å². The third kappa shape index (κ3) is 4.87. The Morgan fingerprint density at radius 1 is 1.09 bits per heavy atom. The van der Waals surface area contributed by atoms with Crippen molar-refractivity contribution < 1.29 is 4.79 Å². The van der Waals surface area contributed by atoms with E-state index in [0.29, 0.717) is 5.78 Å². The van der Waals surface area contributed by atoms with Crippen LogP contribution in [0.25, 0.3) is 15.7 Å². The minimum Gasteiger partial charge on any atom is -0.299 e. The number of ketones is 1. The first-order valence-electron chi connectivity index (χ1n) is 12.1. The molecule has 5 rings (SSSR count). The molecule has 1 fully saturated rings. The molecule has 1 unspecified atom stereocenters. The zero-order chi connectivity index (χ0) is 21.8. The lowest BCUT2D eigenvalue weighted by atomic mass is 9.79. The Balaban J connectivity index is 1.24. The molecule has 3 heterocycles. The number of carbonyl (C=O) groups is 1. The molecule has 0 N–H and O–H groups in total. The first-order valence-corrected chi connectivity index (χ1v) is 12.9. The second kappa shape index (κ2) is 10.1. The van der Waals surface area contributed by atoms with Gasteiger partial charge in [0.2, 0.25) is 0 Å². The number of hydrogen-bond donors (Lipinski definition) is 0. The number of fused-ring (bicyclic) bond motifs is 1. The Morgan fingerprint density at radius 2 is 1.94 bits per heavy atom. The van der Waals surface area contributed by atoms with Crippen molar-refractivity contribution in [3.8, 4) is 0 Å². The summed E-state index contributed by atoms with van der Waals surface area (Å²) in [7, 11) is 0. The number of benzene rings is 1. The standard InChI is InChI=1S/C28H32N2OS/c31-28(22-8-2-1-3-9-22)24(25-11-6-7-16-29-25)15-19-30-17-13-21(14-18-30)27-20-23-10-4-5-12-26(23)32-27/h4-7,10-13,16,20,22,24H,1-3,8-9,14-15,17-19H2. The molecule has 2 aliphatic rings. The molecule has 3 nitrogen and oxygen atoms in total. The van der Waals surface area contributed by atoms with Crippen molar-refractivity contribution in [1.29, 1.82) is 0 Å². The van der Waals surface area contributed by atoms with E-state index in [1.54, 1.807) is 0 Å². The summed E-state index contributed by atoms with van der Waals surface area (Å²) in [6.07, 6.45) is 12.0. The molecule has 32 heavy (non-hydrogen) atoms. The van der Waals surface area contributed by atoms with Gasteiger partial charge in [-0.1, -0.05) is 49.6 Å². The maximum atomic E-state index is 13.4. The average molecular weight is 445 g/mol. The third-order valence-corrected chi connectivity index (χ3v) is 8.36. The number of Topliss-reactive ketones (excluding diaryl/α,β-unsaturated/α-hetero) is 1. The molecule has 0 bridgehead atoms. The molecular weight excluding hydrogens is 412 g/mol. The molecule has 0 amide bonds. The Morgan fingerprint density at radius 3 is 2.69 bits per heavy atom. The number of rotatable bonds is 7. The van der Waals surface area contributed by atoms with Crippen LogP contribution in [0.4, 0.5) is 0 Å². The Hall–Kier alpha value is -2.30. The van der Waals surface area contributed by atoms with Crippen molar-refractivity contribution in [3.05, 3.63) is 71.4 Å². The first-order chi connectivity index (χ1) is 15.8. The fourth-order valence-corrected chi connectivity index (χ4v) is 6.41. The number of hydrogen-bond acceptors (Lipinski definition) is 4. The molecule has 1 aromatic carbocycles. The molecular formula is C28H32N2OS. The van der Waals surface area contributed by atoms with Crippen LogP contribution in [0.1, 0.15) is 61.4 Å². The van der Waals surface area contributed by atoms with Crippen molar-refractivity contribution in [1.82, 2.24) is 9.88 Å². The maximum absolute atomic E-state index is 13.4. The van der Waals surface area contributed by atoms with Crippen LogP contribution in [0.15, 0.2) is 60.8 Å². The van der Waals surface area contributed by atoms with Crippen molar-refractivity contribution in [3.63, 3.8) is 0 Å². The van der Waals surface area contributed by atoms with Crippen molar-refractivity contribution in [2.75, 3.05) is 19.6 Å². The van der Waals surface area contributed by atoms with E-state index in [2.05, 4.69) is 46.3 Å². The molecule has 2 aromatic heterocycles. The quantitative estimate of drug-likeness (QED) is 0.406. The van der Waals surface area contributed by atoms with Gasteiger partial charge >= 0.3 is 0 Å². The lowest BCUT2D eigenvalue weighted by Crippen LogP contribution is -2.33. The highest BCUT2D eigenvalue weighted by Crippen LogP contribution is 2.34. The number of carbonyl (C=O) groups excluding carboxylic acids is 1. The van der Waals surface area contributed by atoms with Crippen LogP contribution in [0.3, 0.4) is 0 Å². The summed E-state index contributed by atoms with van der Waals surface area (Å²) in [6, 6.07) is 17.0. The van der Waals surface area contributed by atoms with Crippen LogP contribution in [-0.4, -0.2) is 35.3 Å². The minimum absolute atomic E-state index is 0.0627. The van der Waals surface area contributed by atoms with Crippen LogP contribution in [0, 0.1) is 5.92 Å². The third-order valence-electron chi connectivity index (χ3n) is 7.17. The second-order valence-electron chi connectivity index (χ2n) is 9.26. The summed E-state index contributed by atoms with van der Waals surface area (Å²) in [5.74, 6) is 0.603. The molecule has 1 aliphatic heterocycles. The lowest BCUT2D eigenvalue weighted by Gasteiger charge is -2.29. The van der Waals surface area contributed by atoms with Crippen molar-refractivity contribution in [2.24, 2.45) is 5.92 Å². The van der Waals surface area contributed by atoms with Crippen molar-refractivity contribution in [2.45, 2.75) is 50.9 Å². The number of nitrogens with zero attached hydrogens (tertiary/aromatic N) is 2. The maximum Gasteiger partial charge on any atom is 0.145 e. The summed E-state index contributed by atoms with van der Waals surface area (Å²) in [6.45, 7) is 2.98. The molecule has 3 aromatic rings. The van der Waals surface area contributed by atoms with E-state index in [-0.39, 0.29) is 11.8 Å². The molecule has 0 radical (unpaired) electrons. The predicted octanol–water partition coefficient (Wildman–Crippen LogP) is 6.71. The van der Waals surface area contributed by atoms with Gasteiger partial charge in [0, 0.05) is 34.8 Å². The lowest BCUT2D eigenvalue weighted by molar-refractivity contribution is -0.125. The van der Waals surface area contributed by atoms with Gasteiger partial charge in [-0.25, -0.2) is 0 Å². The zero-order valence-corrected chi connectivity index (χ0v) is 19.5. The molecule has 1 saturated carbocycles. The van der Waals surface area contributed by atoms with E-state index in [1.807, 2.05) is 35.7 Å². The number of pyridine rings is 1. The first kappa shape index (κ1) is 21.5. The summed E-state index contributed by atoms with van der Waals surface area (Å²) in [5.41, 5.74) is 2.43. The van der Waals surface area contributed by atoms with E-state index in [0.717, 1.165) is 51.0 Å². The van der Waals surface area contributed by atoms with Gasteiger partial charge in [0.15, 0.2) is 0 Å². The zero-order valence-electron chi connectivity index (χ0n) is 18.7. The Kier molecular flexibility index (Phi) is 6.80. The fourth-order valence-electron chi connectivity index (χ4n) is 5.28. The minimum atomic E-state index is -0.0627. The fraction of sp³-hybridized carbons (Fsp3) is 0.429. The smallest absolute Gasteiger partial charge is 0.145 e. The van der Waals surface area contributed by atoms with Crippen molar-refractivity contribution >= 4 is 32.8 Å². The summed E-state index contributed by atoms with van der Waals surface area (Å²) in [5, 5.41) is 1.34. The molecule has 166 valence electrons. The monoisotopic (exact) mass is 444 g/mol. The number of thiophene rings is 1. The summed E-state index contributed by atoms with van der Waals surface area (Å²) in [4.78, 5) is 21.9. The van der Waals surface area contributed by atoms with Gasteiger partial charge in [0.1, 0.15) is 5.78 Å². The van der Waals surface area contributed by atoms with Gasteiger partial charge < -0.3 is 0 Å². The largest absolute Gasteiger partial charge is 0.299 e. The van der Waals surface area contributed by atoms with Gasteiger partial charge in [0.05, 0.1) is 11.6 Å². The van der Waals surface area contributed by atoms with Gasteiger partial charge in [0.25, 0.3) is 0 Å². The van der Waals surface area contributed by atoms with E-state index < -0.39 is 0 Å². The van der Waals surface area contributed by atoms with Gasteiger partial charge in [-0.15, -0.1) is 11.3 Å². The van der Waals surface area contributed by atoms with E-state index >= 15 is 0 Å². The highest BCUT2D eigenvalue weighted by Gasteiger charge is 2.30. The van der Waals surface area contributed by atoms with E-state index in [1.165, 1.54) is 39.8 Å². The van der Waals surface area contributed by atoms with Gasteiger partial charge in [-0.05, 0) is 67.5 Å². The van der Waals surface area contributed by atoms with Crippen LogP contribution in [0.5, 0.6) is 0 Å². The predicted molar refractivity (Wildman–Crippen MR) is 134 cm³/mol. The highest BCUT2D eigenvalue weighted by molar-refractivity contribution is 7.20. The summed E-state index contributed by atoms with van der Waals surface area (Å²) < 4.78 is 1.37. The SMILES string of the molecule is O=C(C1CCCCC1)C(CCN1CC=C(c2cc3ccccc3s2)CC1)c1ccccn1. The molecule has 4 heteroatoms. The molecule has 1 aliphatic carbocycles. The normalized spacial score (nSPS) is 19.1. The highest BCUT2D eigenvalue weighted by atomic mass is 32.1. The van der Waals surface area contributed by atoms with Gasteiger partial charge in [-0.3, -0.25) is 14.7 Å². The molecule has 0 saturated heterocycles. The summed E-state index contributed by atoms with van der Waals surface area (Å²) >= 11 is 1.90. The van der Waals surface area contributed by atoms with Crippen LogP contribution >= 0.6 is 11.3 Å². The second-order valence-corrected chi connectivity index (χ2v) is 10.3. The topological polar surface area (TPSA) is 33.2 Å². The number of aromatic nitrogens is 1. The van der Waals surface area contributed by atoms with Gasteiger partial charge in [-0.2, -0.15) is 0 Å². The molecule has 1 atom stereocenters. The van der Waals surface area contributed by atoms with Crippen LogP contribution in [-0.2, 0) is 4.79 Å². The Labute approximate surface area is 195 Å². The average Bonchev–Trinajstić information content (AvgIpc) is 3.30. The Bertz CT molecular complexity index is 1050.